The maximum absolute atomic E-state index is 12.7. The first-order valence-electron chi connectivity index (χ1n) is 9.08. The summed E-state index contributed by atoms with van der Waals surface area (Å²) in [7, 11) is 0. The second kappa shape index (κ2) is 8.84. The van der Waals surface area contributed by atoms with Gasteiger partial charge in [0.2, 0.25) is 5.91 Å². The van der Waals surface area contributed by atoms with E-state index in [-0.39, 0.29) is 11.8 Å². The number of halogens is 1. The Balaban J connectivity index is 1.53. The lowest BCUT2D eigenvalue weighted by atomic mass is 10.1. The molecular weight excluding hydrogens is 453 g/mol. The molecule has 1 heterocycles. The molecular formula is C21H24IN3O2. The monoisotopic (exact) mass is 477 g/mol. The van der Waals surface area contributed by atoms with E-state index in [4.69, 9.17) is 0 Å². The number of carbonyl (C=O) groups excluding carboxylic acids is 2. The van der Waals surface area contributed by atoms with E-state index in [1.165, 1.54) is 0 Å². The zero-order chi connectivity index (χ0) is 19.4. The number of aryl methyl sites for hydroxylation is 2. The third-order valence-corrected chi connectivity index (χ3v) is 5.82. The van der Waals surface area contributed by atoms with Crippen molar-refractivity contribution >= 4 is 40.1 Å². The molecule has 3 rings (SSSR count). The predicted molar refractivity (Wildman–Crippen MR) is 116 cm³/mol. The van der Waals surface area contributed by atoms with Crippen LogP contribution in [0.25, 0.3) is 0 Å². The molecule has 0 aromatic heterocycles. The van der Waals surface area contributed by atoms with Gasteiger partial charge in [-0.25, -0.2) is 0 Å². The maximum atomic E-state index is 12.7. The van der Waals surface area contributed by atoms with Crippen LogP contribution >= 0.6 is 22.6 Å². The zero-order valence-corrected chi connectivity index (χ0v) is 17.8. The minimum atomic E-state index is -0.00946. The summed E-state index contributed by atoms with van der Waals surface area (Å²) in [4.78, 5) is 29.1. The number of para-hydroxylation sites is 1. The van der Waals surface area contributed by atoms with Gasteiger partial charge in [0.1, 0.15) is 0 Å². The summed E-state index contributed by atoms with van der Waals surface area (Å²) in [5.74, 6) is 0.0596. The fraction of sp³-hybridized carbons (Fsp3) is 0.333. The highest BCUT2D eigenvalue weighted by Crippen LogP contribution is 2.19. The number of rotatable bonds is 4. The van der Waals surface area contributed by atoms with Gasteiger partial charge in [0, 0.05) is 35.4 Å². The van der Waals surface area contributed by atoms with E-state index >= 15 is 0 Å². The van der Waals surface area contributed by atoms with Gasteiger partial charge < -0.3 is 10.2 Å². The molecule has 0 spiro atoms. The molecule has 0 unspecified atom stereocenters. The molecule has 1 aliphatic heterocycles. The molecule has 2 amide bonds. The molecule has 27 heavy (non-hydrogen) atoms. The van der Waals surface area contributed by atoms with E-state index in [9.17, 15) is 9.59 Å². The SMILES string of the molecule is Cc1cccc(C)c1NC(=O)CN1CCN(C(=O)c2ccccc2I)CC1. The van der Waals surface area contributed by atoms with Crippen molar-refractivity contribution in [3.8, 4) is 0 Å². The third kappa shape index (κ3) is 4.87. The van der Waals surface area contributed by atoms with Gasteiger partial charge in [-0.3, -0.25) is 14.5 Å². The summed E-state index contributed by atoms with van der Waals surface area (Å²) in [6.45, 7) is 7.03. The van der Waals surface area contributed by atoms with Gasteiger partial charge >= 0.3 is 0 Å². The van der Waals surface area contributed by atoms with E-state index in [1.807, 2.05) is 61.2 Å². The number of carbonyl (C=O) groups is 2. The van der Waals surface area contributed by atoms with Crippen molar-refractivity contribution in [2.45, 2.75) is 13.8 Å². The standard InChI is InChI=1S/C21H24IN3O2/c1-15-6-5-7-16(2)20(15)23-19(26)14-24-10-12-25(13-11-24)21(27)17-8-3-4-9-18(17)22/h3-9H,10-14H2,1-2H3,(H,23,26). The minimum Gasteiger partial charge on any atom is -0.336 e. The lowest BCUT2D eigenvalue weighted by molar-refractivity contribution is -0.117. The first-order valence-corrected chi connectivity index (χ1v) is 10.2. The van der Waals surface area contributed by atoms with Gasteiger partial charge in [0.05, 0.1) is 12.1 Å². The van der Waals surface area contributed by atoms with Crippen LogP contribution in [0, 0.1) is 17.4 Å². The largest absolute Gasteiger partial charge is 0.336 e. The number of nitrogens with zero attached hydrogens (tertiary/aromatic N) is 2. The van der Waals surface area contributed by atoms with Gasteiger partial charge in [0.15, 0.2) is 0 Å². The lowest BCUT2D eigenvalue weighted by Gasteiger charge is -2.34. The van der Waals surface area contributed by atoms with Crippen molar-refractivity contribution in [3.05, 3.63) is 62.7 Å². The quantitative estimate of drug-likeness (QED) is 0.688. The van der Waals surface area contributed by atoms with Crippen LogP contribution in [0.15, 0.2) is 42.5 Å². The Kier molecular flexibility index (Phi) is 6.49. The average Bonchev–Trinajstić information content (AvgIpc) is 2.65. The number of benzene rings is 2. The van der Waals surface area contributed by atoms with Crippen molar-refractivity contribution in [1.29, 1.82) is 0 Å². The van der Waals surface area contributed by atoms with Crippen LogP contribution in [-0.2, 0) is 4.79 Å². The molecule has 5 nitrogen and oxygen atoms in total. The van der Waals surface area contributed by atoms with Crippen LogP contribution in [0.3, 0.4) is 0 Å². The van der Waals surface area contributed by atoms with Gasteiger partial charge in [-0.15, -0.1) is 0 Å². The summed E-state index contributed by atoms with van der Waals surface area (Å²) < 4.78 is 0.968. The Labute approximate surface area is 173 Å². The van der Waals surface area contributed by atoms with Crippen LogP contribution in [-0.4, -0.2) is 54.3 Å². The normalized spacial score (nSPS) is 14.9. The van der Waals surface area contributed by atoms with Crippen molar-refractivity contribution in [1.82, 2.24) is 9.80 Å². The Hall–Kier alpha value is -1.93. The minimum absolute atomic E-state index is 0.00946. The van der Waals surface area contributed by atoms with Crippen LogP contribution in [0.2, 0.25) is 0 Å². The summed E-state index contributed by atoms with van der Waals surface area (Å²) in [5, 5.41) is 3.03. The molecule has 0 aliphatic carbocycles. The Morgan fingerprint density at radius 3 is 2.22 bits per heavy atom. The number of nitrogens with one attached hydrogen (secondary N) is 1. The van der Waals surface area contributed by atoms with E-state index in [0.29, 0.717) is 32.7 Å². The Morgan fingerprint density at radius 2 is 1.59 bits per heavy atom. The number of piperazine rings is 1. The van der Waals surface area contributed by atoms with E-state index in [0.717, 1.165) is 25.9 Å². The molecule has 2 aromatic rings. The molecule has 6 heteroatoms. The molecule has 1 fully saturated rings. The maximum Gasteiger partial charge on any atom is 0.255 e. The zero-order valence-electron chi connectivity index (χ0n) is 15.7. The second-order valence-corrected chi connectivity index (χ2v) is 8.03. The summed E-state index contributed by atoms with van der Waals surface area (Å²) >= 11 is 2.20. The highest BCUT2D eigenvalue weighted by molar-refractivity contribution is 14.1. The number of anilines is 1. The highest BCUT2D eigenvalue weighted by atomic mass is 127. The van der Waals surface area contributed by atoms with Crippen LogP contribution in [0.4, 0.5) is 5.69 Å². The molecule has 0 saturated carbocycles. The number of hydrogen-bond donors (Lipinski definition) is 1. The van der Waals surface area contributed by atoms with E-state index in [2.05, 4.69) is 32.8 Å². The lowest BCUT2D eigenvalue weighted by Crippen LogP contribution is -2.50. The first kappa shape index (κ1) is 19.8. The van der Waals surface area contributed by atoms with Gasteiger partial charge in [-0.1, -0.05) is 30.3 Å². The Morgan fingerprint density at radius 1 is 0.963 bits per heavy atom. The number of amides is 2. The van der Waals surface area contributed by atoms with Crippen molar-refractivity contribution in [2.75, 3.05) is 38.0 Å². The summed E-state index contributed by atoms with van der Waals surface area (Å²) in [6.07, 6.45) is 0. The van der Waals surface area contributed by atoms with Crippen LogP contribution in [0.5, 0.6) is 0 Å². The van der Waals surface area contributed by atoms with E-state index < -0.39 is 0 Å². The molecule has 0 atom stereocenters. The van der Waals surface area contributed by atoms with Crippen molar-refractivity contribution in [3.63, 3.8) is 0 Å². The third-order valence-electron chi connectivity index (χ3n) is 4.88. The van der Waals surface area contributed by atoms with Crippen molar-refractivity contribution < 1.29 is 9.59 Å². The summed E-state index contributed by atoms with van der Waals surface area (Å²) in [6, 6.07) is 13.6. The average molecular weight is 477 g/mol. The predicted octanol–water partition coefficient (Wildman–Crippen LogP) is 3.30. The molecule has 1 aliphatic rings. The molecule has 0 bridgehead atoms. The van der Waals surface area contributed by atoms with Crippen LogP contribution in [0.1, 0.15) is 21.5 Å². The molecule has 142 valence electrons. The summed E-state index contributed by atoms with van der Waals surface area (Å²) in [5.41, 5.74) is 3.78. The highest BCUT2D eigenvalue weighted by Gasteiger charge is 2.24. The Bertz CT molecular complexity index is 825. The van der Waals surface area contributed by atoms with Crippen LogP contribution < -0.4 is 5.32 Å². The molecule has 2 aromatic carbocycles. The molecule has 0 radical (unpaired) electrons. The smallest absolute Gasteiger partial charge is 0.255 e. The van der Waals surface area contributed by atoms with Gasteiger partial charge in [-0.2, -0.15) is 0 Å². The number of hydrogen-bond acceptors (Lipinski definition) is 3. The fourth-order valence-corrected chi connectivity index (χ4v) is 3.93. The fourth-order valence-electron chi connectivity index (χ4n) is 3.31. The van der Waals surface area contributed by atoms with Gasteiger partial charge in [0.25, 0.3) is 5.91 Å². The van der Waals surface area contributed by atoms with Gasteiger partial charge in [-0.05, 0) is 59.7 Å². The topological polar surface area (TPSA) is 52.7 Å². The van der Waals surface area contributed by atoms with Crippen molar-refractivity contribution in [2.24, 2.45) is 0 Å². The first-order chi connectivity index (χ1) is 13.0. The molecule has 1 saturated heterocycles. The van der Waals surface area contributed by atoms with E-state index in [1.54, 1.807) is 0 Å². The molecule has 1 N–H and O–H groups in total. The second-order valence-electron chi connectivity index (χ2n) is 6.86.